The van der Waals surface area contributed by atoms with Crippen molar-refractivity contribution in [3.63, 3.8) is 0 Å². The summed E-state index contributed by atoms with van der Waals surface area (Å²) in [6, 6.07) is 16.0. The number of carbonyl (C=O) groups is 2. The molecule has 0 aliphatic rings. The molecule has 0 N–H and O–H groups in total. The van der Waals surface area contributed by atoms with Crippen LogP contribution in [0.1, 0.15) is 16.7 Å². The maximum atomic E-state index is 11.5. The minimum Gasteiger partial charge on any atom is -0.497 e. The number of amides is 1. The predicted molar refractivity (Wildman–Crippen MR) is 123 cm³/mol. The highest BCUT2D eigenvalue weighted by molar-refractivity contribution is 7.87. The van der Waals surface area contributed by atoms with E-state index < -0.39 is 15.6 Å². The molecule has 0 heterocycles. The lowest BCUT2D eigenvalue weighted by atomic mass is 10.1. The summed E-state index contributed by atoms with van der Waals surface area (Å²) < 4.78 is 60.8. The molecule has 188 valence electrons. The highest BCUT2D eigenvalue weighted by Crippen LogP contribution is 2.23. The Kier molecular flexibility index (Phi) is 13.5. The summed E-state index contributed by atoms with van der Waals surface area (Å²) in [4.78, 5) is 23.1. The monoisotopic (exact) mass is 503 g/mol. The van der Waals surface area contributed by atoms with Crippen LogP contribution in [-0.2, 0) is 30.4 Å². The topological polar surface area (TPSA) is 90.0 Å². The molecule has 11 heteroatoms. The van der Waals surface area contributed by atoms with Gasteiger partial charge in [-0.3, -0.25) is 13.8 Å². The summed E-state index contributed by atoms with van der Waals surface area (Å²) in [6.07, 6.45) is 3.06. The van der Waals surface area contributed by atoms with Crippen LogP contribution in [0.2, 0.25) is 0 Å². The van der Waals surface area contributed by atoms with Crippen molar-refractivity contribution in [2.75, 3.05) is 21.3 Å². The minimum absolute atomic E-state index is 0.173. The van der Waals surface area contributed by atoms with Gasteiger partial charge in [-0.15, -0.1) is 0 Å². The molecular weight excluding hydrogens is 475 g/mol. The van der Waals surface area contributed by atoms with Crippen molar-refractivity contribution in [3.8, 4) is 5.75 Å². The van der Waals surface area contributed by atoms with Crippen molar-refractivity contribution in [2.24, 2.45) is 0 Å². The normalized spacial score (nSPS) is 10.9. The molecule has 7 nitrogen and oxygen atoms in total. The number of nitrogens with zero attached hydrogens (tertiary/aromatic N) is 1. The van der Waals surface area contributed by atoms with Crippen LogP contribution in [0.3, 0.4) is 0 Å². The van der Waals surface area contributed by atoms with E-state index in [2.05, 4.69) is 11.1 Å². The molecule has 2 rings (SSSR count). The van der Waals surface area contributed by atoms with E-state index in [0.29, 0.717) is 19.9 Å². The van der Waals surface area contributed by atoms with Crippen molar-refractivity contribution in [1.29, 1.82) is 0 Å². The second-order valence-electron chi connectivity index (χ2n) is 6.76. The van der Waals surface area contributed by atoms with Gasteiger partial charge in [0.25, 0.3) is 0 Å². The number of carbonyl (C=O) groups excluding carboxylic acids is 2. The number of alkyl halides is 3. The third-order valence-electron chi connectivity index (χ3n) is 3.99. The van der Waals surface area contributed by atoms with Gasteiger partial charge in [0.05, 0.1) is 14.2 Å². The van der Waals surface area contributed by atoms with Crippen molar-refractivity contribution in [2.45, 2.75) is 25.9 Å². The fourth-order valence-electron chi connectivity index (χ4n) is 2.06. The SMILES string of the molecule is COS(=O)(=O)C(F)(F)F.COc1ccc(C)cc1.Cc1ccc(CN(C)C(=O)/C=C\C=O)cc1. The van der Waals surface area contributed by atoms with Crippen LogP contribution >= 0.6 is 0 Å². The first-order chi connectivity index (χ1) is 15.8. The van der Waals surface area contributed by atoms with Gasteiger partial charge < -0.3 is 9.64 Å². The molecule has 0 bridgehead atoms. The van der Waals surface area contributed by atoms with Crippen molar-refractivity contribution < 1.29 is 40.1 Å². The molecule has 1 amide bonds. The summed E-state index contributed by atoms with van der Waals surface area (Å²) in [5.74, 6) is 0.744. The van der Waals surface area contributed by atoms with Crippen molar-refractivity contribution >= 4 is 22.3 Å². The Bertz CT molecular complexity index is 1020. The van der Waals surface area contributed by atoms with E-state index in [4.69, 9.17) is 4.74 Å². The second kappa shape index (κ2) is 14.9. The molecule has 0 unspecified atom stereocenters. The number of ether oxygens (including phenoxy) is 1. The number of benzene rings is 2. The third-order valence-corrected chi connectivity index (χ3v) is 5.00. The van der Waals surface area contributed by atoms with Gasteiger partial charge >= 0.3 is 15.6 Å². The maximum absolute atomic E-state index is 11.5. The highest BCUT2D eigenvalue weighted by Gasteiger charge is 2.46. The number of aldehydes is 1. The lowest BCUT2D eigenvalue weighted by Crippen LogP contribution is -2.24. The van der Waals surface area contributed by atoms with E-state index >= 15 is 0 Å². The minimum atomic E-state index is -5.34. The molecule has 0 radical (unpaired) electrons. The Morgan fingerprint density at radius 1 is 0.971 bits per heavy atom. The van der Waals surface area contributed by atoms with Gasteiger partial charge in [-0.1, -0.05) is 47.5 Å². The first kappa shape index (κ1) is 30.8. The van der Waals surface area contributed by atoms with Gasteiger partial charge in [-0.25, -0.2) is 0 Å². The number of allylic oxidation sites excluding steroid dienone is 1. The maximum Gasteiger partial charge on any atom is 0.523 e. The lowest BCUT2D eigenvalue weighted by molar-refractivity contribution is -0.125. The van der Waals surface area contributed by atoms with Gasteiger partial charge in [0.15, 0.2) is 0 Å². The molecular formula is C23H28F3NO6S. The first-order valence-corrected chi connectivity index (χ1v) is 11.1. The average molecular weight is 504 g/mol. The number of likely N-dealkylation sites (N-methyl/N-ethyl adjacent to an activating group) is 1. The third kappa shape index (κ3) is 12.2. The Morgan fingerprint density at radius 2 is 1.44 bits per heavy atom. The van der Waals surface area contributed by atoms with Gasteiger partial charge in [-0.05, 0) is 37.6 Å². The number of methoxy groups -OCH3 is 1. The predicted octanol–water partition coefficient (Wildman–Crippen LogP) is 4.19. The van der Waals surface area contributed by atoms with E-state index in [1.54, 1.807) is 19.1 Å². The number of hydrogen-bond acceptors (Lipinski definition) is 6. The van der Waals surface area contributed by atoms with Crippen LogP contribution in [0.5, 0.6) is 5.75 Å². The lowest BCUT2D eigenvalue weighted by Gasteiger charge is -2.15. The molecule has 34 heavy (non-hydrogen) atoms. The van der Waals surface area contributed by atoms with Crippen LogP contribution in [0, 0.1) is 13.8 Å². The molecule has 0 aliphatic carbocycles. The smallest absolute Gasteiger partial charge is 0.497 e. The second-order valence-corrected chi connectivity index (χ2v) is 8.46. The van der Waals surface area contributed by atoms with Crippen LogP contribution in [0.25, 0.3) is 0 Å². The van der Waals surface area contributed by atoms with E-state index in [9.17, 15) is 31.2 Å². The molecule has 2 aromatic rings. The zero-order valence-corrected chi connectivity index (χ0v) is 20.3. The summed E-state index contributed by atoms with van der Waals surface area (Å²) in [5.41, 5.74) is -1.78. The van der Waals surface area contributed by atoms with Gasteiger partial charge in [0.2, 0.25) is 5.91 Å². The summed E-state index contributed by atoms with van der Waals surface area (Å²) in [6.45, 7) is 4.62. The Labute approximate surface area is 197 Å². The summed E-state index contributed by atoms with van der Waals surface area (Å²) >= 11 is 0. The van der Waals surface area contributed by atoms with E-state index in [1.807, 2.05) is 55.5 Å². The molecule has 0 spiro atoms. The van der Waals surface area contributed by atoms with E-state index in [0.717, 1.165) is 11.3 Å². The van der Waals surface area contributed by atoms with Crippen molar-refractivity contribution in [3.05, 3.63) is 77.4 Å². The van der Waals surface area contributed by atoms with Gasteiger partial charge in [0, 0.05) is 19.7 Å². The summed E-state index contributed by atoms with van der Waals surface area (Å²) in [5, 5.41) is 0. The van der Waals surface area contributed by atoms with Gasteiger partial charge in [-0.2, -0.15) is 21.6 Å². The van der Waals surface area contributed by atoms with Gasteiger partial charge in [0.1, 0.15) is 12.0 Å². The van der Waals surface area contributed by atoms with Crippen LogP contribution in [-0.4, -0.2) is 52.3 Å². The largest absolute Gasteiger partial charge is 0.523 e. The van der Waals surface area contributed by atoms with E-state index in [-0.39, 0.29) is 5.91 Å². The zero-order valence-electron chi connectivity index (χ0n) is 19.5. The highest BCUT2D eigenvalue weighted by atomic mass is 32.2. The quantitative estimate of drug-likeness (QED) is 0.254. The Morgan fingerprint density at radius 3 is 1.79 bits per heavy atom. The fraction of sp³-hybridized carbons (Fsp3) is 0.304. The van der Waals surface area contributed by atoms with Crippen LogP contribution in [0.4, 0.5) is 13.2 Å². The fourth-order valence-corrected chi connectivity index (χ4v) is 2.25. The Balaban J connectivity index is 0.000000518. The number of aryl methyl sites for hydroxylation is 2. The molecule has 0 aliphatic heterocycles. The van der Waals surface area contributed by atoms with Crippen molar-refractivity contribution in [1.82, 2.24) is 4.90 Å². The summed E-state index contributed by atoms with van der Waals surface area (Å²) in [7, 11) is -1.51. The van der Waals surface area contributed by atoms with Crippen LogP contribution in [0.15, 0.2) is 60.7 Å². The molecule has 2 aromatic carbocycles. The zero-order chi connectivity index (χ0) is 26.4. The number of halogens is 3. The van der Waals surface area contributed by atoms with Crippen LogP contribution < -0.4 is 4.74 Å². The molecule has 0 fully saturated rings. The Hall–Kier alpha value is -3.18. The molecule has 0 saturated heterocycles. The molecule has 0 saturated carbocycles. The number of hydrogen-bond donors (Lipinski definition) is 0. The average Bonchev–Trinajstić information content (AvgIpc) is 2.79. The molecule has 0 atom stereocenters. The first-order valence-electron chi connectivity index (χ1n) is 9.67. The number of rotatable bonds is 6. The van der Waals surface area contributed by atoms with E-state index in [1.165, 1.54) is 23.3 Å². The standard InChI is InChI=1S/C13H15NO2.C8H10O.C2H3F3O3S/c1-11-5-7-12(8-6-11)10-14(2)13(16)4-3-9-15;1-7-3-5-8(9-2)6-4-7;1-8-9(6,7)2(3,4)5/h3-9H,10H2,1-2H3;3-6H,1-2H3;1H3/b4-3-;;. The molecule has 0 aromatic heterocycles.